The zero-order valence-electron chi connectivity index (χ0n) is 16.0. The van der Waals surface area contributed by atoms with Gasteiger partial charge in [-0.1, -0.05) is 51.2 Å². The maximum atomic E-state index is 4.71. The Kier molecular flexibility index (Phi) is 29.3. The quantitative estimate of drug-likeness (QED) is 0.133. The smallest absolute Gasteiger partial charge is 0.128 e. The van der Waals surface area contributed by atoms with Crippen LogP contribution < -0.4 is 5.73 Å². The van der Waals surface area contributed by atoms with Crippen molar-refractivity contribution < 1.29 is 0 Å². The largest absolute Gasteiger partial charge is 0.385 e. The summed E-state index contributed by atoms with van der Waals surface area (Å²) in [6.45, 7) is 2.30. The van der Waals surface area contributed by atoms with Crippen LogP contribution in [0.4, 0.5) is 0 Å². The van der Waals surface area contributed by atoms with Gasteiger partial charge in [0.25, 0.3) is 0 Å². The van der Waals surface area contributed by atoms with Gasteiger partial charge >= 0.3 is 102 Å². The molecular formula is C19H40NNaS2. The fraction of sp³-hybridized carbons (Fsp3) is 0.947. The van der Waals surface area contributed by atoms with E-state index in [-0.39, 0.29) is 4.32 Å². The molecule has 134 valence electrons. The van der Waals surface area contributed by atoms with Crippen LogP contribution in [0, 0.1) is 0 Å². The summed E-state index contributed by atoms with van der Waals surface area (Å²) in [4.78, 5) is 0. The van der Waals surface area contributed by atoms with Gasteiger partial charge in [-0.15, -0.1) is 12.6 Å². The molecule has 0 aromatic rings. The summed E-state index contributed by atoms with van der Waals surface area (Å²) >= 11 is 9.06. The summed E-state index contributed by atoms with van der Waals surface area (Å²) in [5.74, 6) is 0. The minimum atomic E-state index is 0.194. The molecule has 0 unspecified atom stereocenters. The van der Waals surface area contributed by atoms with Gasteiger partial charge in [-0.2, -0.15) is 0 Å². The third kappa shape index (κ3) is 35.3. The van der Waals surface area contributed by atoms with Gasteiger partial charge in [-0.25, -0.2) is 0 Å². The Labute approximate surface area is 175 Å². The Balaban J connectivity index is 0. The molecule has 4 heteroatoms. The number of hydrogen-bond acceptors (Lipinski definition) is 1. The van der Waals surface area contributed by atoms with E-state index >= 15 is 0 Å². The Morgan fingerprint density at radius 2 is 0.913 bits per heavy atom. The van der Waals surface area contributed by atoms with Crippen LogP contribution in [0.25, 0.3) is 0 Å². The standard InChI is InChI=1S/C18H37.CH3NS2.Na/c1-3-5-7-9-11-13-15-17-18-16-14-12-10-8-6-4-2;2-1(3)4;/h1,3-18H2,2H3;(H3,2,3,4);. The minimum Gasteiger partial charge on any atom is -0.385 e. The second-order valence-electron chi connectivity index (χ2n) is 6.64. The van der Waals surface area contributed by atoms with E-state index in [1.54, 1.807) is 0 Å². The summed E-state index contributed by atoms with van der Waals surface area (Å²) in [5, 5.41) is 0. The summed E-state index contributed by atoms with van der Waals surface area (Å²) in [7, 11) is 0. The van der Waals surface area contributed by atoms with Gasteiger partial charge in [0, 0.05) is 0 Å². The molecule has 0 bridgehead atoms. The molecule has 0 aromatic heterocycles. The van der Waals surface area contributed by atoms with Crippen LogP contribution in [-0.2, 0) is 0 Å². The molecular weight excluding hydrogens is 329 g/mol. The average molecular weight is 370 g/mol. The SMILES string of the molecule is CCCCCCCCCCCCCCCCC[CH2][Na].NC(=S)S. The molecule has 1 nitrogen and oxygen atoms in total. The Hall–Kier alpha value is 1.24. The van der Waals surface area contributed by atoms with Gasteiger partial charge in [0.2, 0.25) is 0 Å². The molecule has 0 fully saturated rings. The fourth-order valence-electron chi connectivity index (χ4n) is 2.80. The van der Waals surface area contributed by atoms with E-state index in [0.717, 1.165) is 0 Å². The first kappa shape index (κ1) is 26.5. The second-order valence-corrected chi connectivity index (χ2v) is 8.87. The minimum absolute atomic E-state index is 0.194. The zero-order valence-corrected chi connectivity index (χ0v) is 19.7. The number of thiocarbonyl (C=S) groups is 1. The van der Waals surface area contributed by atoms with Gasteiger partial charge in [-0.05, 0) is 0 Å². The summed E-state index contributed by atoms with van der Waals surface area (Å²) in [5.41, 5.74) is 4.71. The third-order valence-electron chi connectivity index (χ3n) is 4.21. The van der Waals surface area contributed by atoms with Crippen molar-refractivity contribution in [2.45, 2.75) is 113 Å². The number of hydrogen-bond donors (Lipinski definition) is 2. The Morgan fingerprint density at radius 1 is 0.696 bits per heavy atom. The zero-order chi connectivity index (χ0) is 17.6. The Bertz CT molecular complexity index is 205. The van der Waals surface area contributed by atoms with Crippen molar-refractivity contribution in [3.63, 3.8) is 0 Å². The number of nitrogens with two attached hydrogens (primary N) is 1. The normalized spacial score (nSPS) is 10.3. The van der Waals surface area contributed by atoms with Gasteiger partial charge in [-0.3, -0.25) is 0 Å². The molecule has 0 spiro atoms. The molecule has 2 N–H and O–H groups in total. The van der Waals surface area contributed by atoms with Crippen LogP contribution in [0.3, 0.4) is 0 Å². The van der Waals surface area contributed by atoms with Crippen LogP contribution >= 0.6 is 24.8 Å². The van der Waals surface area contributed by atoms with Crippen molar-refractivity contribution in [2.75, 3.05) is 0 Å². The molecule has 0 aliphatic carbocycles. The molecule has 0 rings (SSSR count). The maximum Gasteiger partial charge on any atom is 0.128 e. The Morgan fingerprint density at radius 3 is 1.13 bits per heavy atom. The van der Waals surface area contributed by atoms with Crippen molar-refractivity contribution in [2.24, 2.45) is 5.73 Å². The summed E-state index contributed by atoms with van der Waals surface area (Å²) in [6, 6.07) is 0. The average Bonchev–Trinajstić information content (AvgIpc) is 2.50. The number of thiol groups is 1. The number of unbranched alkanes of at least 4 members (excludes halogenated alkanes) is 15. The van der Waals surface area contributed by atoms with Crippen molar-refractivity contribution in [1.29, 1.82) is 0 Å². The van der Waals surface area contributed by atoms with Gasteiger partial charge in [0.15, 0.2) is 0 Å². The molecule has 0 saturated carbocycles. The van der Waals surface area contributed by atoms with E-state index in [2.05, 4.69) is 31.8 Å². The van der Waals surface area contributed by atoms with Crippen molar-refractivity contribution in [1.82, 2.24) is 0 Å². The van der Waals surface area contributed by atoms with Crippen LogP contribution in [0.1, 0.15) is 110 Å². The molecule has 0 heterocycles. The third-order valence-corrected chi connectivity index (χ3v) is 4.91. The molecule has 0 atom stereocenters. The second kappa shape index (κ2) is 25.5. The van der Waals surface area contributed by atoms with E-state index in [0.29, 0.717) is 0 Å². The van der Waals surface area contributed by atoms with Gasteiger partial charge < -0.3 is 5.73 Å². The fourth-order valence-corrected chi connectivity index (χ4v) is 3.30. The molecule has 0 aliphatic heterocycles. The first-order chi connectivity index (χ1) is 11.1. The van der Waals surface area contributed by atoms with E-state index < -0.39 is 0 Å². The maximum absolute atomic E-state index is 4.71. The van der Waals surface area contributed by atoms with Crippen molar-refractivity contribution in [3.8, 4) is 0 Å². The van der Waals surface area contributed by atoms with Gasteiger partial charge in [0.1, 0.15) is 4.32 Å². The molecule has 0 aliphatic rings. The summed E-state index contributed by atoms with van der Waals surface area (Å²) < 4.78 is 1.71. The van der Waals surface area contributed by atoms with Crippen LogP contribution in [0.15, 0.2) is 0 Å². The van der Waals surface area contributed by atoms with E-state index in [4.69, 9.17) is 5.73 Å². The predicted molar refractivity (Wildman–Crippen MR) is 116 cm³/mol. The van der Waals surface area contributed by atoms with E-state index in [9.17, 15) is 0 Å². The monoisotopic (exact) mass is 369 g/mol. The van der Waals surface area contributed by atoms with Crippen molar-refractivity contribution >= 4 is 57.1 Å². The summed E-state index contributed by atoms with van der Waals surface area (Å²) in [6.07, 6.45) is 23.7. The first-order valence-corrected chi connectivity index (χ1v) is 12.4. The van der Waals surface area contributed by atoms with Crippen LogP contribution in [0.2, 0.25) is 3.67 Å². The first-order valence-electron chi connectivity index (χ1n) is 10.1. The molecule has 0 aromatic carbocycles. The molecule has 0 saturated heterocycles. The molecule has 0 amide bonds. The van der Waals surface area contributed by atoms with Crippen LogP contribution in [0.5, 0.6) is 0 Å². The van der Waals surface area contributed by atoms with E-state index in [1.165, 1.54) is 134 Å². The molecule has 0 radical (unpaired) electrons. The topological polar surface area (TPSA) is 26.0 Å². The predicted octanol–water partition coefficient (Wildman–Crippen LogP) is 6.99. The number of rotatable bonds is 16. The van der Waals surface area contributed by atoms with E-state index in [1.807, 2.05) is 0 Å². The van der Waals surface area contributed by atoms with Crippen LogP contribution in [-0.4, -0.2) is 32.3 Å². The van der Waals surface area contributed by atoms with Crippen molar-refractivity contribution in [3.05, 3.63) is 0 Å². The molecule has 23 heavy (non-hydrogen) atoms. The van der Waals surface area contributed by atoms with Gasteiger partial charge in [0.05, 0.1) is 0 Å².